The number of carbonyl (C=O) groups is 1. The van der Waals surface area contributed by atoms with E-state index in [9.17, 15) is 9.18 Å². The van der Waals surface area contributed by atoms with Gasteiger partial charge in [-0.2, -0.15) is 0 Å². The van der Waals surface area contributed by atoms with E-state index in [1.54, 1.807) is 0 Å². The van der Waals surface area contributed by atoms with Gasteiger partial charge in [-0.3, -0.25) is 15.6 Å². The zero-order valence-electron chi connectivity index (χ0n) is 10.4. The fourth-order valence-corrected chi connectivity index (χ4v) is 2.54. The SMILES string of the molecule is Nc1cccc(F)c1C(=O)NNc1c(Cl)cc(Cl)cc1Cl. The van der Waals surface area contributed by atoms with E-state index in [2.05, 4.69) is 10.9 Å². The Kier molecular flexibility index (Phi) is 4.77. The van der Waals surface area contributed by atoms with Crippen molar-refractivity contribution < 1.29 is 9.18 Å². The first-order valence-corrected chi connectivity index (χ1v) is 6.78. The third-order valence-corrected chi connectivity index (χ3v) is 3.40. The number of anilines is 2. The van der Waals surface area contributed by atoms with Gasteiger partial charge in [0, 0.05) is 10.7 Å². The van der Waals surface area contributed by atoms with E-state index in [1.165, 1.54) is 24.3 Å². The first kappa shape index (κ1) is 15.7. The molecule has 2 rings (SSSR count). The lowest BCUT2D eigenvalue weighted by Crippen LogP contribution is -2.31. The molecule has 0 saturated carbocycles. The number of nitrogens with one attached hydrogen (secondary N) is 2. The smallest absolute Gasteiger partial charge is 0.274 e. The van der Waals surface area contributed by atoms with Crippen molar-refractivity contribution in [2.45, 2.75) is 0 Å². The van der Waals surface area contributed by atoms with Gasteiger partial charge in [0.05, 0.1) is 21.3 Å². The summed E-state index contributed by atoms with van der Waals surface area (Å²) in [5, 5.41) is 0.754. The van der Waals surface area contributed by atoms with Gasteiger partial charge in [-0.05, 0) is 24.3 Å². The van der Waals surface area contributed by atoms with Crippen LogP contribution in [0.25, 0.3) is 0 Å². The maximum Gasteiger partial charge on any atom is 0.274 e. The van der Waals surface area contributed by atoms with Gasteiger partial charge in [-0.25, -0.2) is 4.39 Å². The summed E-state index contributed by atoms with van der Waals surface area (Å²) in [5.41, 5.74) is 10.4. The Labute approximate surface area is 135 Å². The number of nitrogen functional groups attached to an aromatic ring is 1. The Morgan fingerprint density at radius 3 is 2.33 bits per heavy atom. The van der Waals surface area contributed by atoms with Crippen LogP contribution in [-0.4, -0.2) is 5.91 Å². The summed E-state index contributed by atoms with van der Waals surface area (Å²) in [7, 11) is 0. The molecule has 0 saturated heterocycles. The summed E-state index contributed by atoms with van der Waals surface area (Å²) >= 11 is 17.7. The molecule has 4 nitrogen and oxygen atoms in total. The minimum Gasteiger partial charge on any atom is -0.398 e. The molecule has 0 aliphatic heterocycles. The van der Waals surface area contributed by atoms with Gasteiger partial charge in [-0.15, -0.1) is 0 Å². The zero-order valence-corrected chi connectivity index (χ0v) is 12.7. The largest absolute Gasteiger partial charge is 0.398 e. The van der Waals surface area contributed by atoms with Crippen molar-refractivity contribution in [1.82, 2.24) is 5.43 Å². The molecule has 0 aliphatic rings. The number of benzene rings is 2. The molecule has 8 heteroatoms. The second-order valence-corrected chi connectivity index (χ2v) is 5.28. The number of nitrogens with two attached hydrogens (primary N) is 1. The summed E-state index contributed by atoms with van der Waals surface area (Å²) in [6.45, 7) is 0. The lowest BCUT2D eigenvalue weighted by atomic mass is 10.1. The van der Waals surface area contributed by atoms with Crippen LogP contribution in [0.5, 0.6) is 0 Å². The van der Waals surface area contributed by atoms with E-state index in [0.29, 0.717) is 5.02 Å². The second kappa shape index (κ2) is 6.39. The molecule has 21 heavy (non-hydrogen) atoms. The maximum atomic E-state index is 13.6. The van der Waals surface area contributed by atoms with Gasteiger partial charge >= 0.3 is 0 Å². The first-order chi connectivity index (χ1) is 9.90. The van der Waals surface area contributed by atoms with E-state index in [1.807, 2.05) is 0 Å². The number of halogens is 4. The lowest BCUT2D eigenvalue weighted by molar-refractivity contribution is 0.0959. The molecule has 0 fully saturated rings. The molecule has 1 amide bonds. The molecule has 4 N–H and O–H groups in total. The highest BCUT2D eigenvalue weighted by atomic mass is 35.5. The van der Waals surface area contributed by atoms with Gasteiger partial charge < -0.3 is 5.73 Å². The summed E-state index contributed by atoms with van der Waals surface area (Å²) < 4.78 is 13.6. The lowest BCUT2D eigenvalue weighted by Gasteiger charge is -2.13. The van der Waals surface area contributed by atoms with Crippen LogP contribution in [-0.2, 0) is 0 Å². The van der Waals surface area contributed by atoms with E-state index < -0.39 is 11.7 Å². The predicted molar refractivity (Wildman–Crippen MR) is 83.4 cm³/mol. The van der Waals surface area contributed by atoms with Crippen molar-refractivity contribution in [2.24, 2.45) is 0 Å². The van der Waals surface area contributed by atoms with Gasteiger partial charge in [0.15, 0.2) is 0 Å². The van der Waals surface area contributed by atoms with Crippen LogP contribution in [0.3, 0.4) is 0 Å². The van der Waals surface area contributed by atoms with Gasteiger partial charge in [-0.1, -0.05) is 40.9 Å². The molecule has 0 heterocycles. The number of carbonyl (C=O) groups excluding carboxylic acids is 1. The van der Waals surface area contributed by atoms with E-state index in [0.717, 1.165) is 6.07 Å². The van der Waals surface area contributed by atoms with Crippen LogP contribution in [0.1, 0.15) is 10.4 Å². The van der Waals surface area contributed by atoms with E-state index >= 15 is 0 Å². The predicted octanol–water partition coefficient (Wildman–Crippen LogP) is 4.13. The van der Waals surface area contributed by atoms with Gasteiger partial charge in [0.25, 0.3) is 5.91 Å². The normalized spacial score (nSPS) is 10.3. The molecule has 0 radical (unpaired) electrons. The highest BCUT2D eigenvalue weighted by Gasteiger charge is 2.16. The minimum atomic E-state index is -0.757. The average Bonchev–Trinajstić information content (AvgIpc) is 2.37. The standard InChI is InChI=1S/C13H9Cl3FN3O/c14-6-4-7(15)12(8(16)5-6)19-20-13(21)11-9(17)2-1-3-10(11)18/h1-5,19H,18H2,(H,20,21). The fraction of sp³-hybridized carbons (Fsp3) is 0. The number of amides is 1. The Bertz CT molecular complexity index is 666. The molecule has 0 unspecified atom stereocenters. The van der Waals surface area contributed by atoms with Crippen molar-refractivity contribution in [3.05, 3.63) is 56.8 Å². The first-order valence-electron chi connectivity index (χ1n) is 5.65. The third-order valence-electron chi connectivity index (χ3n) is 2.58. The van der Waals surface area contributed by atoms with Crippen LogP contribution in [0, 0.1) is 5.82 Å². The Morgan fingerprint density at radius 2 is 1.76 bits per heavy atom. The Morgan fingerprint density at radius 1 is 1.14 bits per heavy atom. The third kappa shape index (κ3) is 3.50. The summed E-state index contributed by atoms with van der Waals surface area (Å²) in [4.78, 5) is 11.9. The second-order valence-electron chi connectivity index (χ2n) is 4.03. The van der Waals surface area contributed by atoms with Crippen molar-refractivity contribution in [3.8, 4) is 0 Å². The van der Waals surface area contributed by atoms with Crippen molar-refractivity contribution in [2.75, 3.05) is 11.2 Å². The molecule has 2 aromatic carbocycles. The molecular formula is C13H9Cl3FN3O. The van der Waals surface area contributed by atoms with Crippen molar-refractivity contribution >= 4 is 52.1 Å². The number of hydrogen-bond donors (Lipinski definition) is 3. The van der Waals surface area contributed by atoms with Crippen LogP contribution in [0.2, 0.25) is 15.1 Å². The van der Waals surface area contributed by atoms with Crippen LogP contribution >= 0.6 is 34.8 Å². The molecule has 0 spiro atoms. The maximum absolute atomic E-state index is 13.6. The Balaban J connectivity index is 2.19. The molecule has 0 aliphatic carbocycles. The topological polar surface area (TPSA) is 67.2 Å². The van der Waals surface area contributed by atoms with Crippen LogP contribution < -0.4 is 16.6 Å². The molecule has 0 aromatic heterocycles. The van der Waals surface area contributed by atoms with E-state index in [4.69, 9.17) is 40.5 Å². The highest BCUT2D eigenvalue weighted by molar-refractivity contribution is 6.41. The average molecular weight is 349 g/mol. The van der Waals surface area contributed by atoms with Crippen molar-refractivity contribution in [1.29, 1.82) is 0 Å². The number of rotatable bonds is 3. The van der Waals surface area contributed by atoms with E-state index in [-0.39, 0.29) is 27.0 Å². The monoisotopic (exact) mass is 347 g/mol. The number of hydrazine groups is 1. The molecule has 0 atom stereocenters. The molecule has 0 bridgehead atoms. The fourth-order valence-electron chi connectivity index (χ4n) is 1.62. The van der Waals surface area contributed by atoms with Crippen LogP contribution in [0.15, 0.2) is 30.3 Å². The molecule has 110 valence electrons. The molecule has 2 aromatic rings. The minimum absolute atomic E-state index is 0.0163. The molecular weight excluding hydrogens is 340 g/mol. The highest BCUT2D eigenvalue weighted by Crippen LogP contribution is 2.33. The van der Waals surface area contributed by atoms with Crippen LogP contribution in [0.4, 0.5) is 15.8 Å². The number of hydrogen-bond acceptors (Lipinski definition) is 3. The quantitative estimate of drug-likeness (QED) is 0.577. The van der Waals surface area contributed by atoms with Crippen molar-refractivity contribution in [3.63, 3.8) is 0 Å². The van der Waals surface area contributed by atoms with Gasteiger partial charge in [0.1, 0.15) is 5.82 Å². The summed E-state index contributed by atoms with van der Waals surface area (Å²) in [5.74, 6) is -1.49. The van der Waals surface area contributed by atoms with Gasteiger partial charge in [0.2, 0.25) is 0 Å². The Hall–Kier alpha value is -1.69. The summed E-state index contributed by atoms with van der Waals surface area (Å²) in [6, 6.07) is 6.84. The summed E-state index contributed by atoms with van der Waals surface area (Å²) in [6.07, 6.45) is 0. The zero-order chi connectivity index (χ0) is 15.6.